The van der Waals surface area contributed by atoms with Crippen LogP contribution in [0.2, 0.25) is 0 Å². The maximum absolute atomic E-state index is 11.2. The molecule has 0 aliphatic heterocycles. The van der Waals surface area contributed by atoms with Crippen molar-refractivity contribution in [1.82, 2.24) is 5.16 Å². The van der Waals surface area contributed by atoms with Gasteiger partial charge in [-0.15, -0.1) is 0 Å². The minimum atomic E-state index is -4.60. The molecule has 0 saturated heterocycles. The van der Waals surface area contributed by atoms with Crippen LogP contribution in [0, 0.1) is 15.3 Å². The topological polar surface area (TPSA) is 155 Å². The van der Waals surface area contributed by atoms with Crippen molar-refractivity contribution in [2.24, 2.45) is 0 Å². The lowest BCUT2D eigenvalue weighted by molar-refractivity contribution is -0.719. The first-order valence-corrected chi connectivity index (χ1v) is 5.63. The molecule has 0 radical (unpaired) electrons. The molecule has 1 aromatic rings. The van der Waals surface area contributed by atoms with E-state index in [-0.39, 0.29) is 4.60 Å². The molecule has 1 heterocycles. The third-order valence-electron chi connectivity index (χ3n) is 2.16. The summed E-state index contributed by atoms with van der Waals surface area (Å²) in [5.74, 6) is 0. The minimum absolute atomic E-state index is 0.235. The Balaban J connectivity index is 2.77. The van der Waals surface area contributed by atoms with Crippen LogP contribution in [0.4, 0.5) is 0 Å². The van der Waals surface area contributed by atoms with Crippen molar-refractivity contribution in [2.75, 3.05) is 0 Å². The molecular formula is C6H5N3O7S. The van der Waals surface area contributed by atoms with Gasteiger partial charge in [0.25, 0.3) is 27.2 Å². The lowest BCUT2D eigenvalue weighted by Gasteiger charge is -2.10. The van der Waals surface area contributed by atoms with E-state index < -0.39 is 37.4 Å². The van der Waals surface area contributed by atoms with Crippen LogP contribution >= 0.6 is 0 Å². The Hall–Kier alpha value is -2.14. The highest BCUT2D eigenvalue weighted by atomic mass is 32.2. The fraction of sp³-hybridized carbons (Fsp3) is 0.167. The Labute approximate surface area is 92.9 Å². The Morgan fingerprint density at radius 1 is 1.53 bits per heavy atom. The van der Waals surface area contributed by atoms with E-state index in [1.165, 1.54) is 0 Å². The zero-order chi connectivity index (χ0) is 12.8. The number of aromatic amines is 1. The van der Waals surface area contributed by atoms with Gasteiger partial charge in [0.05, 0.1) is 0 Å². The van der Waals surface area contributed by atoms with Crippen molar-refractivity contribution in [1.29, 1.82) is 0 Å². The van der Waals surface area contributed by atoms with Gasteiger partial charge in [-0.1, -0.05) is 9.79 Å². The van der Waals surface area contributed by atoms with Crippen LogP contribution < -0.4 is 4.60 Å². The molecular weight excluding hydrogens is 258 g/mol. The summed E-state index contributed by atoms with van der Waals surface area (Å²) in [5, 5.41) is 21.5. The Bertz CT molecular complexity index is 675. The van der Waals surface area contributed by atoms with Gasteiger partial charge in [0.1, 0.15) is 0 Å². The fourth-order valence-corrected chi connectivity index (χ4v) is 2.22. The van der Waals surface area contributed by atoms with E-state index in [4.69, 9.17) is 4.55 Å². The molecule has 10 nitrogen and oxygen atoms in total. The quantitative estimate of drug-likeness (QED) is 0.366. The second-order valence-corrected chi connectivity index (χ2v) is 4.69. The van der Waals surface area contributed by atoms with Crippen molar-refractivity contribution in [2.45, 2.75) is 5.25 Å². The van der Waals surface area contributed by atoms with Crippen molar-refractivity contribution in [3.8, 4) is 0 Å². The van der Waals surface area contributed by atoms with Gasteiger partial charge in [0, 0.05) is 6.08 Å². The van der Waals surface area contributed by atoms with Crippen molar-refractivity contribution in [3.05, 3.63) is 38.9 Å². The zero-order valence-corrected chi connectivity index (χ0v) is 8.75. The second kappa shape index (κ2) is 3.43. The first kappa shape index (κ1) is 11.3. The molecule has 0 fully saturated rings. The van der Waals surface area contributed by atoms with E-state index in [9.17, 15) is 23.7 Å². The maximum atomic E-state index is 11.2. The minimum Gasteiger partial charge on any atom is -0.612 e. The standard InChI is InChI=1S/C6H5N3O7S/c10-8(11)3-1-2-4(17(13,14)15)6-5(3)7-16-9(6)12/h1-2,4,7H,(H-,10,11,13,14,15). The van der Waals surface area contributed by atoms with E-state index in [2.05, 4.69) is 4.63 Å². The Morgan fingerprint density at radius 2 is 2.18 bits per heavy atom. The number of nitrogens with one attached hydrogen (secondary N) is 1. The number of fused-ring (bicyclic) bond motifs is 1. The number of nitrogens with zero attached hydrogens (tertiary/aromatic N) is 2. The van der Waals surface area contributed by atoms with Gasteiger partial charge in [0.2, 0.25) is 0 Å². The molecule has 1 unspecified atom stereocenters. The first-order valence-electron chi connectivity index (χ1n) is 4.13. The van der Waals surface area contributed by atoms with Crippen LogP contribution in [-0.4, -0.2) is 28.7 Å². The van der Waals surface area contributed by atoms with Crippen LogP contribution in [-0.2, 0) is 10.1 Å². The number of H-pyrrole nitrogens is 1. The van der Waals surface area contributed by atoms with Crippen molar-refractivity contribution < 1.29 is 27.1 Å². The molecule has 1 aliphatic rings. The van der Waals surface area contributed by atoms with E-state index in [0.29, 0.717) is 0 Å². The number of aromatic nitrogens is 2. The molecule has 0 bridgehead atoms. The highest BCUT2D eigenvalue weighted by molar-refractivity contribution is 7.86. The van der Waals surface area contributed by atoms with Crippen LogP contribution in [0.3, 0.4) is 0 Å². The van der Waals surface area contributed by atoms with Gasteiger partial charge in [0.15, 0.2) is 9.85 Å². The lowest BCUT2D eigenvalue weighted by atomic mass is 10.1. The zero-order valence-electron chi connectivity index (χ0n) is 7.93. The lowest BCUT2D eigenvalue weighted by Crippen LogP contribution is -2.29. The Kier molecular flexibility index (Phi) is 2.29. The maximum Gasteiger partial charge on any atom is 0.290 e. The third-order valence-corrected chi connectivity index (χ3v) is 3.18. The van der Waals surface area contributed by atoms with E-state index in [1.54, 1.807) is 0 Å². The highest BCUT2D eigenvalue weighted by Gasteiger charge is 2.43. The molecule has 17 heavy (non-hydrogen) atoms. The fourth-order valence-electron chi connectivity index (χ4n) is 1.46. The largest absolute Gasteiger partial charge is 0.612 e. The number of hydrogen-bond acceptors (Lipinski definition) is 6. The average molecular weight is 263 g/mol. The van der Waals surface area contributed by atoms with Gasteiger partial charge in [-0.3, -0.25) is 4.55 Å². The smallest absolute Gasteiger partial charge is 0.290 e. The summed E-state index contributed by atoms with van der Waals surface area (Å²) in [6.07, 6.45) is 1.69. The molecule has 2 N–H and O–H groups in total. The van der Waals surface area contributed by atoms with E-state index in [0.717, 1.165) is 12.2 Å². The van der Waals surface area contributed by atoms with Gasteiger partial charge in [-0.25, -0.2) is 0 Å². The molecule has 0 saturated carbocycles. The molecule has 1 aromatic heterocycles. The van der Waals surface area contributed by atoms with E-state index in [1.807, 2.05) is 5.16 Å². The molecule has 0 amide bonds. The summed E-state index contributed by atoms with van der Waals surface area (Å²) in [4.78, 5) is 10.3. The van der Waals surface area contributed by atoms with Gasteiger partial charge >= 0.3 is 0 Å². The summed E-state index contributed by atoms with van der Waals surface area (Å²) in [7, 11) is -4.60. The monoisotopic (exact) mass is 263 g/mol. The predicted octanol–water partition coefficient (Wildman–Crippen LogP) is -1.18. The summed E-state index contributed by atoms with van der Waals surface area (Å²) in [6, 6.07) is 0. The predicted molar refractivity (Wildman–Crippen MR) is 51.0 cm³/mol. The molecule has 1 aliphatic carbocycles. The molecule has 0 spiro atoms. The van der Waals surface area contributed by atoms with Gasteiger partial charge in [-0.2, -0.15) is 13.3 Å². The number of allylic oxidation sites excluding steroid dienone is 1. The molecule has 0 aromatic carbocycles. The van der Waals surface area contributed by atoms with Gasteiger partial charge < -0.3 is 10.4 Å². The summed E-state index contributed by atoms with van der Waals surface area (Å²) in [5.41, 5.74) is -1.50. The summed E-state index contributed by atoms with van der Waals surface area (Å²) in [6.45, 7) is 0. The Morgan fingerprint density at radius 3 is 2.71 bits per heavy atom. The normalized spacial score (nSPS) is 19.1. The van der Waals surface area contributed by atoms with E-state index >= 15 is 0 Å². The first-order chi connectivity index (χ1) is 7.82. The van der Waals surface area contributed by atoms with Crippen molar-refractivity contribution >= 4 is 15.8 Å². The molecule has 2 rings (SSSR count). The van der Waals surface area contributed by atoms with Crippen LogP contribution in [0.1, 0.15) is 16.6 Å². The molecule has 1 atom stereocenters. The highest BCUT2D eigenvalue weighted by Crippen LogP contribution is 2.26. The SMILES string of the molecule is O=[n+]1o[nH]c2c1C(S(=O)(=O)O)C=CC2=[N+]([O-])[O-]. The van der Waals surface area contributed by atoms with Crippen LogP contribution in [0.15, 0.2) is 16.8 Å². The molecule has 11 heteroatoms. The van der Waals surface area contributed by atoms with Crippen LogP contribution in [0.25, 0.3) is 0 Å². The summed E-state index contributed by atoms with van der Waals surface area (Å²) < 4.78 is 34.9. The van der Waals surface area contributed by atoms with Crippen LogP contribution in [0.5, 0.6) is 0 Å². The number of rotatable bonds is 1. The number of hydrogen-bond donors (Lipinski definition) is 2. The van der Waals surface area contributed by atoms with Gasteiger partial charge in [-0.05, 0) is 11.0 Å². The average Bonchev–Trinajstić information content (AvgIpc) is 2.58. The second-order valence-electron chi connectivity index (χ2n) is 3.15. The summed E-state index contributed by atoms with van der Waals surface area (Å²) >= 11 is 0. The molecule has 92 valence electrons. The van der Waals surface area contributed by atoms with Crippen molar-refractivity contribution in [3.63, 3.8) is 0 Å². The third kappa shape index (κ3) is 1.70.